The molecule has 0 spiro atoms. The summed E-state index contributed by atoms with van der Waals surface area (Å²) in [5, 5.41) is 2.90. The average molecular weight is 492 g/mol. The van der Waals surface area contributed by atoms with E-state index in [1.54, 1.807) is 28.6 Å². The van der Waals surface area contributed by atoms with Crippen molar-refractivity contribution in [3.8, 4) is 0 Å². The van der Waals surface area contributed by atoms with Crippen molar-refractivity contribution >= 4 is 28.8 Å². The molecule has 0 aliphatic carbocycles. The van der Waals surface area contributed by atoms with Crippen LogP contribution in [0.5, 0.6) is 0 Å². The fourth-order valence-electron chi connectivity index (χ4n) is 4.43. The molecule has 1 fully saturated rings. The topological polar surface area (TPSA) is 97.4 Å². The van der Waals surface area contributed by atoms with E-state index in [4.69, 9.17) is 4.98 Å². The predicted octanol–water partition coefficient (Wildman–Crippen LogP) is 1.98. The first-order chi connectivity index (χ1) is 17.3. The van der Waals surface area contributed by atoms with Gasteiger partial charge in [-0.3, -0.25) is 18.5 Å². The number of amides is 2. The van der Waals surface area contributed by atoms with Crippen molar-refractivity contribution in [2.75, 3.05) is 36.4 Å². The quantitative estimate of drug-likeness (QED) is 0.471. The van der Waals surface area contributed by atoms with Gasteiger partial charge in [0.05, 0.1) is 6.54 Å². The minimum absolute atomic E-state index is 0.183. The van der Waals surface area contributed by atoms with Gasteiger partial charge in [0.1, 0.15) is 5.82 Å². The van der Waals surface area contributed by atoms with E-state index < -0.39 is 11.2 Å². The van der Waals surface area contributed by atoms with Crippen LogP contribution >= 0.6 is 0 Å². The average Bonchev–Trinajstić information content (AvgIpc) is 3.27. The summed E-state index contributed by atoms with van der Waals surface area (Å²) < 4.78 is 17.7. The summed E-state index contributed by atoms with van der Waals surface area (Å²) in [6, 6.07) is 15.1. The molecule has 1 aliphatic heterocycles. The highest BCUT2D eigenvalue weighted by Gasteiger charge is 2.27. The van der Waals surface area contributed by atoms with Crippen LogP contribution in [0.25, 0.3) is 11.2 Å². The van der Waals surface area contributed by atoms with E-state index in [1.165, 1.54) is 23.7 Å². The Bertz CT molecular complexity index is 1530. The molecule has 1 saturated heterocycles. The molecule has 0 bridgehead atoms. The Hall–Kier alpha value is -4.41. The summed E-state index contributed by atoms with van der Waals surface area (Å²) in [6.45, 7) is 2.16. The van der Waals surface area contributed by atoms with E-state index in [1.807, 2.05) is 35.2 Å². The number of carbonyl (C=O) groups excluding carboxylic acids is 1. The van der Waals surface area contributed by atoms with Gasteiger partial charge in [0.2, 0.25) is 5.95 Å². The number of nitrogens with one attached hydrogen (secondary N) is 1. The van der Waals surface area contributed by atoms with Crippen LogP contribution in [-0.2, 0) is 20.6 Å². The first-order valence-electron chi connectivity index (χ1n) is 11.6. The maximum atomic E-state index is 13.5. The highest BCUT2D eigenvalue weighted by Crippen LogP contribution is 2.23. The number of rotatable bonds is 4. The second-order valence-electron chi connectivity index (χ2n) is 8.77. The molecule has 0 atom stereocenters. The Morgan fingerprint density at radius 1 is 0.944 bits per heavy atom. The van der Waals surface area contributed by atoms with Gasteiger partial charge in [-0.25, -0.2) is 14.0 Å². The molecule has 4 aromatic rings. The van der Waals surface area contributed by atoms with E-state index in [-0.39, 0.29) is 24.0 Å². The largest absolute Gasteiger partial charge is 0.339 e. The number of aromatic nitrogens is 4. The van der Waals surface area contributed by atoms with Crippen molar-refractivity contribution in [3.63, 3.8) is 0 Å². The number of urea groups is 1. The third-order valence-corrected chi connectivity index (χ3v) is 6.46. The molecule has 10 nitrogen and oxygen atoms in total. The molecule has 1 N–H and O–H groups in total. The molecule has 186 valence electrons. The van der Waals surface area contributed by atoms with Gasteiger partial charge in [-0.05, 0) is 29.8 Å². The number of nitrogens with zero attached hydrogens (tertiary/aromatic N) is 6. The lowest BCUT2D eigenvalue weighted by molar-refractivity contribution is 0.208. The fourth-order valence-corrected chi connectivity index (χ4v) is 4.43. The molecular weight excluding hydrogens is 465 g/mol. The normalized spacial score (nSPS) is 13.9. The maximum Gasteiger partial charge on any atom is 0.332 e. The number of anilines is 2. The third-order valence-electron chi connectivity index (χ3n) is 6.46. The zero-order valence-electron chi connectivity index (χ0n) is 20.0. The second-order valence-corrected chi connectivity index (χ2v) is 8.77. The summed E-state index contributed by atoms with van der Waals surface area (Å²) in [7, 11) is 3.01. The molecule has 0 unspecified atom stereocenters. The molecule has 3 heterocycles. The van der Waals surface area contributed by atoms with E-state index in [0.717, 1.165) is 15.8 Å². The molecule has 2 aromatic heterocycles. The Morgan fingerprint density at radius 2 is 1.61 bits per heavy atom. The summed E-state index contributed by atoms with van der Waals surface area (Å²) in [4.78, 5) is 46.8. The summed E-state index contributed by atoms with van der Waals surface area (Å²) in [5.74, 6) is 0.174. The van der Waals surface area contributed by atoms with Crippen LogP contribution in [0.4, 0.5) is 20.8 Å². The molecule has 2 aromatic carbocycles. The molecule has 1 aliphatic rings. The van der Waals surface area contributed by atoms with Crippen molar-refractivity contribution in [2.24, 2.45) is 14.1 Å². The lowest BCUT2D eigenvalue weighted by Crippen LogP contribution is -2.50. The van der Waals surface area contributed by atoms with Crippen molar-refractivity contribution in [2.45, 2.75) is 6.54 Å². The number of imidazole rings is 1. The number of aryl methyl sites for hydroxylation is 1. The Kier molecular flexibility index (Phi) is 6.05. The monoisotopic (exact) mass is 491 g/mol. The van der Waals surface area contributed by atoms with Crippen molar-refractivity contribution in [1.29, 1.82) is 0 Å². The molecule has 0 radical (unpaired) electrons. The zero-order chi connectivity index (χ0) is 25.4. The van der Waals surface area contributed by atoms with Gasteiger partial charge in [0, 0.05) is 46.0 Å². The fraction of sp³-hybridized carbons (Fsp3) is 0.280. The predicted molar refractivity (Wildman–Crippen MR) is 135 cm³/mol. The van der Waals surface area contributed by atoms with Crippen LogP contribution in [0.15, 0.2) is 64.2 Å². The van der Waals surface area contributed by atoms with Gasteiger partial charge in [0.15, 0.2) is 11.2 Å². The van der Waals surface area contributed by atoms with Gasteiger partial charge < -0.3 is 15.1 Å². The highest BCUT2D eigenvalue weighted by atomic mass is 19.1. The number of hydrogen-bond donors (Lipinski definition) is 1. The van der Waals surface area contributed by atoms with Gasteiger partial charge in [-0.15, -0.1) is 0 Å². The van der Waals surface area contributed by atoms with Crippen LogP contribution in [0.3, 0.4) is 0 Å². The van der Waals surface area contributed by atoms with Crippen molar-refractivity contribution in [1.82, 2.24) is 23.6 Å². The first-order valence-corrected chi connectivity index (χ1v) is 11.6. The number of halogens is 1. The number of benzene rings is 2. The standard InChI is InChI=1S/C25H26FN7O3/c1-29-21-20(22(34)30(2)25(29)36)33(16-17-8-10-18(26)11-9-17)23(28-21)31-12-14-32(15-13-31)24(35)27-19-6-4-3-5-7-19/h3-11H,12-16H2,1-2H3,(H,27,35). The second kappa shape index (κ2) is 9.33. The molecule has 36 heavy (non-hydrogen) atoms. The summed E-state index contributed by atoms with van der Waals surface area (Å²) >= 11 is 0. The van der Waals surface area contributed by atoms with E-state index in [0.29, 0.717) is 37.6 Å². The number of para-hydroxylation sites is 1. The highest BCUT2D eigenvalue weighted by molar-refractivity contribution is 5.89. The number of fused-ring (bicyclic) bond motifs is 1. The van der Waals surface area contributed by atoms with Crippen molar-refractivity contribution in [3.05, 3.63) is 86.8 Å². The zero-order valence-corrected chi connectivity index (χ0v) is 20.0. The number of carbonyl (C=O) groups is 1. The first kappa shape index (κ1) is 23.3. The van der Waals surface area contributed by atoms with Crippen LogP contribution in [-0.4, -0.2) is 55.8 Å². The van der Waals surface area contributed by atoms with Gasteiger partial charge in [0.25, 0.3) is 5.56 Å². The molecule has 0 saturated carbocycles. The Labute approximate surface area is 205 Å². The molecule has 5 rings (SSSR count). The Balaban J connectivity index is 1.46. The van der Waals surface area contributed by atoms with Crippen LogP contribution in [0.2, 0.25) is 0 Å². The van der Waals surface area contributed by atoms with Crippen LogP contribution in [0.1, 0.15) is 5.56 Å². The maximum absolute atomic E-state index is 13.5. The van der Waals surface area contributed by atoms with Gasteiger partial charge >= 0.3 is 11.7 Å². The number of hydrogen-bond acceptors (Lipinski definition) is 5. The van der Waals surface area contributed by atoms with Gasteiger partial charge in [-0.2, -0.15) is 4.98 Å². The van der Waals surface area contributed by atoms with E-state index in [2.05, 4.69) is 5.32 Å². The minimum atomic E-state index is -0.465. The number of piperazine rings is 1. The van der Waals surface area contributed by atoms with Crippen LogP contribution < -0.4 is 21.5 Å². The lowest BCUT2D eigenvalue weighted by Gasteiger charge is -2.35. The molecule has 2 amide bonds. The van der Waals surface area contributed by atoms with Crippen molar-refractivity contribution < 1.29 is 9.18 Å². The third kappa shape index (κ3) is 4.23. The smallest absolute Gasteiger partial charge is 0.332 e. The SMILES string of the molecule is Cn1c(=O)c2c(nc(N3CCN(C(=O)Nc4ccccc4)CC3)n2Cc2ccc(F)cc2)n(C)c1=O. The molecular formula is C25H26FN7O3. The van der Waals surface area contributed by atoms with E-state index >= 15 is 0 Å². The minimum Gasteiger partial charge on any atom is -0.339 e. The summed E-state index contributed by atoms with van der Waals surface area (Å²) in [6.07, 6.45) is 0. The van der Waals surface area contributed by atoms with E-state index in [9.17, 15) is 18.8 Å². The lowest BCUT2D eigenvalue weighted by atomic mass is 10.2. The van der Waals surface area contributed by atoms with Gasteiger partial charge in [-0.1, -0.05) is 30.3 Å². The Morgan fingerprint density at radius 3 is 2.28 bits per heavy atom. The molecule has 11 heteroatoms. The summed E-state index contributed by atoms with van der Waals surface area (Å²) in [5.41, 5.74) is 1.17. The van der Waals surface area contributed by atoms with Crippen LogP contribution in [0, 0.1) is 5.82 Å².